The van der Waals surface area contributed by atoms with E-state index in [0.29, 0.717) is 0 Å². The molecule has 1 saturated heterocycles. The first-order valence-corrected chi connectivity index (χ1v) is 3.56. The molecule has 1 heterocycles. The van der Waals surface area contributed by atoms with E-state index < -0.39 is 37.3 Å². The molecule has 1 rings (SSSR count). The maximum atomic E-state index is 9.12. The normalized spacial score (nSPS) is 44.8. The Bertz CT molecular complexity index is 151. The number of hydrogen-bond donors (Lipinski definition) is 5. The van der Waals surface area contributed by atoms with Crippen LogP contribution in [-0.4, -0.2) is 62.8 Å². The molecule has 1 unspecified atom stereocenters. The molecular formula is C6H12O6. The monoisotopic (exact) mass is 180 g/mol. The van der Waals surface area contributed by atoms with Gasteiger partial charge in [-0.05, 0) is 0 Å². The van der Waals surface area contributed by atoms with Crippen LogP contribution in [-0.2, 0) is 4.74 Å². The molecule has 1 fully saturated rings. The van der Waals surface area contributed by atoms with Crippen molar-refractivity contribution in [2.45, 2.75) is 30.7 Å². The van der Waals surface area contributed by atoms with Crippen molar-refractivity contribution in [3.63, 3.8) is 0 Å². The van der Waals surface area contributed by atoms with E-state index >= 15 is 0 Å². The van der Waals surface area contributed by atoms with Crippen LogP contribution in [0, 0.1) is 0 Å². The van der Waals surface area contributed by atoms with Crippen molar-refractivity contribution in [3.05, 3.63) is 0 Å². The van der Waals surface area contributed by atoms with E-state index in [-0.39, 0.29) is 0 Å². The van der Waals surface area contributed by atoms with Gasteiger partial charge in [0.15, 0.2) is 6.29 Å². The second kappa shape index (κ2) is 3.65. The second-order valence-electron chi connectivity index (χ2n) is 2.72. The summed E-state index contributed by atoms with van der Waals surface area (Å²) in [5, 5.41) is 44.4. The standard InChI is InChI=1S/C6H12O6/c7-1-2(8)5-3(9)4(10)6(11)12-5/h2-11H,1H2/t2-,3+,4?,5-,6+/m1/s1. The molecule has 0 bridgehead atoms. The highest BCUT2D eigenvalue weighted by Crippen LogP contribution is 2.21. The molecule has 0 aromatic heterocycles. The van der Waals surface area contributed by atoms with Gasteiger partial charge in [-0.25, -0.2) is 0 Å². The van der Waals surface area contributed by atoms with Crippen molar-refractivity contribution >= 4 is 0 Å². The summed E-state index contributed by atoms with van der Waals surface area (Å²) >= 11 is 0. The van der Waals surface area contributed by atoms with Gasteiger partial charge < -0.3 is 30.3 Å². The molecule has 6 nitrogen and oxygen atoms in total. The summed E-state index contributed by atoms with van der Waals surface area (Å²) in [4.78, 5) is 0. The molecule has 0 spiro atoms. The van der Waals surface area contributed by atoms with Gasteiger partial charge in [-0.3, -0.25) is 0 Å². The summed E-state index contributed by atoms with van der Waals surface area (Å²) in [5.74, 6) is 0. The summed E-state index contributed by atoms with van der Waals surface area (Å²) in [6, 6.07) is 0. The Morgan fingerprint density at radius 3 is 2.08 bits per heavy atom. The maximum Gasteiger partial charge on any atom is 0.184 e. The zero-order valence-electron chi connectivity index (χ0n) is 6.24. The average molecular weight is 180 g/mol. The van der Waals surface area contributed by atoms with Crippen LogP contribution in [0.5, 0.6) is 0 Å². The van der Waals surface area contributed by atoms with E-state index in [1.54, 1.807) is 0 Å². The Labute approximate surface area is 68.6 Å². The fraction of sp³-hybridized carbons (Fsp3) is 1.00. The van der Waals surface area contributed by atoms with Crippen molar-refractivity contribution in [1.82, 2.24) is 0 Å². The molecule has 0 aromatic rings. The van der Waals surface area contributed by atoms with Gasteiger partial charge in [-0.1, -0.05) is 0 Å². The topological polar surface area (TPSA) is 110 Å². The van der Waals surface area contributed by atoms with Gasteiger partial charge in [0.2, 0.25) is 0 Å². The largest absolute Gasteiger partial charge is 0.394 e. The Morgan fingerprint density at radius 2 is 1.75 bits per heavy atom. The first-order valence-electron chi connectivity index (χ1n) is 3.56. The minimum absolute atomic E-state index is 0.596. The number of hydrogen-bond acceptors (Lipinski definition) is 6. The maximum absolute atomic E-state index is 9.12. The van der Waals surface area contributed by atoms with Crippen LogP contribution in [0.15, 0.2) is 0 Å². The van der Waals surface area contributed by atoms with Gasteiger partial charge in [0.05, 0.1) is 6.61 Å². The van der Waals surface area contributed by atoms with Crippen molar-refractivity contribution in [3.8, 4) is 0 Å². The highest BCUT2D eigenvalue weighted by Gasteiger charge is 2.44. The molecule has 5 N–H and O–H groups in total. The number of aliphatic hydroxyl groups excluding tert-OH is 5. The third-order valence-corrected chi connectivity index (χ3v) is 1.84. The lowest BCUT2D eigenvalue weighted by Gasteiger charge is -2.18. The molecule has 5 atom stereocenters. The number of rotatable bonds is 2. The van der Waals surface area contributed by atoms with E-state index in [9.17, 15) is 0 Å². The van der Waals surface area contributed by atoms with E-state index in [1.807, 2.05) is 0 Å². The predicted molar refractivity (Wildman–Crippen MR) is 36.0 cm³/mol. The van der Waals surface area contributed by atoms with Gasteiger partial charge >= 0.3 is 0 Å². The predicted octanol–water partition coefficient (Wildman–Crippen LogP) is -3.22. The van der Waals surface area contributed by atoms with Crippen LogP contribution in [0.3, 0.4) is 0 Å². The van der Waals surface area contributed by atoms with Crippen LogP contribution in [0.1, 0.15) is 0 Å². The van der Waals surface area contributed by atoms with Crippen molar-refractivity contribution in [2.24, 2.45) is 0 Å². The smallest absolute Gasteiger partial charge is 0.184 e. The van der Waals surface area contributed by atoms with E-state index in [0.717, 1.165) is 0 Å². The average Bonchev–Trinajstić information content (AvgIpc) is 2.32. The zero-order chi connectivity index (χ0) is 9.30. The van der Waals surface area contributed by atoms with Crippen LogP contribution in [0.4, 0.5) is 0 Å². The quantitative estimate of drug-likeness (QED) is 0.306. The second-order valence-corrected chi connectivity index (χ2v) is 2.72. The van der Waals surface area contributed by atoms with Crippen LogP contribution in [0.2, 0.25) is 0 Å². The molecule has 0 amide bonds. The zero-order valence-corrected chi connectivity index (χ0v) is 6.24. The highest BCUT2D eigenvalue weighted by molar-refractivity contribution is 4.89. The Morgan fingerprint density at radius 1 is 1.17 bits per heavy atom. The van der Waals surface area contributed by atoms with Gasteiger partial charge in [0, 0.05) is 0 Å². The van der Waals surface area contributed by atoms with Crippen LogP contribution in [0.25, 0.3) is 0 Å². The fourth-order valence-electron chi connectivity index (χ4n) is 1.11. The summed E-state index contributed by atoms with van der Waals surface area (Å²) in [6.45, 7) is -0.596. The van der Waals surface area contributed by atoms with Crippen LogP contribution >= 0.6 is 0 Å². The Kier molecular flexibility index (Phi) is 2.99. The lowest BCUT2D eigenvalue weighted by molar-refractivity contribution is -0.150. The third-order valence-electron chi connectivity index (χ3n) is 1.84. The molecule has 0 radical (unpaired) electrons. The minimum Gasteiger partial charge on any atom is -0.394 e. The van der Waals surface area contributed by atoms with Crippen molar-refractivity contribution < 1.29 is 30.3 Å². The van der Waals surface area contributed by atoms with Gasteiger partial charge in [-0.2, -0.15) is 0 Å². The Balaban J connectivity index is 2.58. The SMILES string of the molecule is OC[C@@H](O)[C@H]1O[C@H](O)C(O)[C@@H]1O. The molecule has 72 valence electrons. The summed E-state index contributed by atoms with van der Waals surface area (Å²) < 4.78 is 4.58. The van der Waals surface area contributed by atoms with Crippen molar-refractivity contribution in [1.29, 1.82) is 0 Å². The summed E-state index contributed by atoms with van der Waals surface area (Å²) in [6.07, 6.45) is -6.75. The van der Waals surface area contributed by atoms with E-state index in [4.69, 9.17) is 25.5 Å². The lowest BCUT2D eigenvalue weighted by atomic mass is 10.1. The first-order chi connectivity index (χ1) is 5.57. The molecule has 0 aliphatic carbocycles. The molecule has 1 aliphatic rings. The number of ether oxygens (including phenoxy) is 1. The molecule has 0 saturated carbocycles. The molecular weight excluding hydrogens is 168 g/mol. The van der Waals surface area contributed by atoms with Gasteiger partial charge in [0.1, 0.15) is 24.4 Å². The Hall–Kier alpha value is -0.240. The lowest BCUT2D eigenvalue weighted by Crippen LogP contribution is -2.40. The van der Waals surface area contributed by atoms with Crippen molar-refractivity contribution in [2.75, 3.05) is 6.61 Å². The van der Waals surface area contributed by atoms with Gasteiger partial charge in [-0.15, -0.1) is 0 Å². The van der Waals surface area contributed by atoms with E-state index in [2.05, 4.69) is 4.74 Å². The van der Waals surface area contributed by atoms with Crippen LogP contribution < -0.4 is 0 Å². The molecule has 1 aliphatic heterocycles. The fourth-order valence-corrected chi connectivity index (χ4v) is 1.11. The first kappa shape index (κ1) is 9.85. The molecule has 12 heavy (non-hydrogen) atoms. The summed E-state index contributed by atoms with van der Waals surface area (Å²) in [7, 11) is 0. The molecule has 0 aromatic carbocycles. The number of aliphatic hydroxyl groups is 5. The summed E-state index contributed by atoms with van der Waals surface area (Å²) in [5.41, 5.74) is 0. The van der Waals surface area contributed by atoms with Gasteiger partial charge in [0.25, 0.3) is 0 Å². The third kappa shape index (κ3) is 1.58. The van der Waals surface area contributed by atoms with E-state index in [1.165, 1.54) is 0 Å². The minimum atomic E-state index is -1.51. The molecule has 6 heteroatoms. The highest BCUT2D eigenvalue weighted by atomic mass is 16.6.